The standard InChI is InChI=1S/C30H67N3O3Si/c1-10-20-31(21-11-2)26-16-30(17-27-32(22-12-3)23-13-4,18-28-33(24-14-5)25-15-6)19-29-37(34-7,35-8)36-9/h10-29H2,1-9H3. The van der Waals surface area contributed by atoms with Gasteiger partial charge in [0.05, 0.1) is 0 Å². The molecule has 0 rings (SSSR count). The Balaban J connectivity index is 6.08. The fourth-order valence-corrected chi connectivity index (χ4v) is 7.76. The van der Waals surface area contributed by atoms with Crippen molar-refractivity contribution < 1.29 is 13.3 Å². The van der Waals surface area contributed by atoms with Crippen LogP contribution in [0, 0.1) is 5.41 Å². The molecule has 0 atom stereocenters. The van der Waals surface area contributed by atoms with Gasteiger partial charge in [-0.15, -0.1) is 0 Å². The van der Waals surface area contributed by atoms with Gasteiger partial charge in [0.2, 0.25) is 0 Å². The molecule has 0 saturated carbocycles. The Bertz CT molecular complexity index is 432. The molecule has 6 nitrogen and oxygen atoms in total. The van der Waals surface area contributed by atoms with Gasteiger partial charge in [-0.1, -0.05) is 41.5 Å². The monoisotopic (exact) mass is 545 g/mol. The molecule has 0 aliphatic rings. The van der Waals surface area contributed by atoms with E-state index in [4.69, 9.17) is 13.3 Å². The summed E-state index contributed by atoms with van der Waals surface area (Å²) in [6.45, 7) is 24.6. The molecule has 224 valence electrons. The van der Waals surface area contributed by atoms with Crippen molar-refractivity contribution in [3.8, 4) is 0 Å². The molecule has 0 aliphatic carbocycles. The molecule has 37 heavy (non-hydrogen) atoms. The molecular formula is C30H67N3O3Si. The highest BCUT2D eigenvalue weighted by Crippen LogP contribution is 2.39. The van der Waals surface area contributed by atoms with E-state index in [1.807, 2.05) is 0 Å². The Hall–Kier alpha value is -0.0231. The molecule has 0 heterocycles. The normalized spacial score (nSPS) is 13.0. The molecule has 0 fully saturated rings. The second kappa shape index (κ2) is 22.8. The highest BCUT2D eigenvalue weighted by Gasteiger charge is 2.42. The first-order chi connectivity index (χ1) is 17.9. The van der Waals surface area contributed by atoms with Gasteiger partial charge in [0.25, 0.3) is 0 Å². The summed E-state index contributed by atoms with van der Waals surface area (Å²) in [4.78, 5) is 8.11. The lowest BCUT2D eigenvalue weighted by molar-refractivity contribution is 0.0927. The lowest BCUT2D eigenvalue weighted by Crippen LogP contribution is -2.45. The van der Waals surface area contributed by atoms with E-state index in [-0.39, 0.29) is 5.41 Å². The van der Waals surface area contributed by atoms with Gasteiger partial charge in [-0.25, -0.2) is 0 Å². The topological polar surface area (TPSA) is 37.4 Å². The van der Waals surface area contributed by atoms with Gasteiger partial charge >= 0.3 is 8.80 Å². The Kier molecular flexibility index (Phi) is 22.7. The van der Waals surface area contributed by atoms with Crippen LogP contribution in [0.15, 0.2) is 0 Å². The molecule has 0 aromatic rings. The van der Waals surface area contributed by atoms with E-state index in [1.54, 1.807) is 21.3 Å². The third-order valence-electron chi connectivity index (χ3n) is 8.01. The van der Waals surface area contributed by atoms with Crippen LogP contribution in [0.1, 0.15) is 106 Å². The molecule has 0 aliphatic heterocycles. The van der Waals surface area contributed by atoms with Gasteiger partial charge < -0.3 is 28.0 Å². The SMILES string of the molecule is CCCN(CCC)CCC(CCN(CCC)CCC)(CCN(CCC)CCC)CC[Si](OC)(OC)OC. The van der Waals surface area contributed by atoms with Crippen LogP contribution < -0.4 is 0 Å². The van der Waals surface area contributed by atoms with Crippen LogP contribution in [-0.4, -0.2) is 104 Å². The summed E-state index contributed by atoms with van der Waals surface area (Å²) in [6, 6.07) is 0.890. The summed E-state index contributed by atoms with van der Waals surface area (Å²) in [5.74, 6) is 0. The summed E-state index contributed by atoms with van der Waals surface area (Å²) < 4.78 is 17.7. The van der Waals surface area contributed by atoms with E-state index in [2.05, 4.69) is 56.2 Å². The molecule has 0 spiro atoms. The van der Waals surface area contributed by atoms with Crippen molar-refractivity contribution in [2.75, 3.05) is 80.2 Å². The summed E-state index contributed by atoms with van der Waals surface area (Å²) in [6.07, 6.45) is 12.2. The van der Waals surface area contributed by atoms with E-state index >= 15 is 0 Å². The first kappa shape index (κ1) is 37.0. The van der Waals surface area contributed by atoms with Crippen molar-refractivity contribution in [1.82, 2.24) is 14.7 Å². The Morgan fingerprint density at radius 3 is 0.919 bits per heavy atom. The van der Waals surface area contributed by atoms with Crippen molar-refractivity contribution in [2.45, 2.75) is 112 Å². The van der Waals surface area contributed by atoms with Gasteiger partial charge in [0.15, 0.2) is 0 Å². The number of hydrogen-bond acceptors (Lipinski definition) is 6. The predicted molar refractivity (Wildman–Crippen MR) is 164 cm³/mol. The maximum absolute atomic E-state index is 5.90. The Morgan fingerprint density at radius 1 is 0.432 bits per heavy atom. The molecular weight excluding hydrogens is 478 g/mol. The predicted octanol–water partition coefficient (Wildman–Crippen LogP) is 6.78. The second-order valence-electron chi connectivity index (χ2n) is 11.1. The number of hydrogen-bond donors (Lipinski definition) is 0. The summed E-state index contributed by atoms with van der Waals surface area (Å²) in [5, 5.41) is 0. The van der Waals surface area contributed by atoms with E-state index in [9.17, 15) is 0 Å². The largest absolute Gasteiger partial charge is 0.500 e. The van der Waals surface area contributed by atoms with E-state index < -0.39 is 8.80 Å². The average molecular weight is 546 g/mol. The van der Waals surface area contributed by atoms with E-state index in [1.165, 1.54) is 117 Å². The van der Waals surface area contributed by atoms with Crippen molar-refractivity contribution in [3.63, 3.8) is 0 Å². The van der Waals surface area contributed by atoms with Gasteiger partial charge in [-0.2, -0.15) is 0 Å². The van der Waals surface area contributed by atoms with Gasteiger partial charge in [0, 0.05) is 27.4 Å². The lowest BCUT2D eigenvalue weighted by atomic mass is 9.75. The summed E-state index contributed by atoms with van der Waals surface area (Å²) >= 11 is 0. The molecule has 0 N–H and O–H groups in total. The summed E-state index contributed by atoms with van der Waals surface area (Å²) in [5.41, 5.74) is 0.257. The zero-order valence-electron chi connectivity index (χ0n) is 26.7. The van der Waals surface area contributed by atoms with Gasteiger partial charge in [-0.05, 0) is 129 Å². The molecule has 0 amide bonds. The van der Waals surface area contributed by atoms with Crippen LogP contribution in [0.5, 0.6) is 0 Å². The van der Waals surface area contributed by atoms with Gasteiger partial charge in [0.1, 0.15) is 0 Å². The van der Waals surface area contributed by atoms with Crippen LogP contribution in [0.4, 0.5) is 0 Å². The van der Waals surface area contributed by atoms with Crippen LogP contribution in [-0.2, 0) is 13.3 Å². The lowest BCUT2D eigenvalue weighted by Gasteiger charge is -2.40. The highest BCUT2D eigenvalue weighted by atomic mass is 28.4. The molecule has 0 radical (unpaired) electrons. The van der Waals surface area contributed by atoms with E-state index in [0.717, 1.165) is 12.5 Å². The molecule has 7 heteroatoms. The Morgan fingerprint density at radius 2 is 0.703 bits per heavy atom. The fraction of sp³-hybridized carbons (Fsp3) is 1.00. The maximum atomic E-state index is 5.90. The van der Waals surface area contributed by atoms with Crippen LogP contribution >= 0.6 is 0 Å². The van der Waals surface area contributed by atoms with Crippen LogP contribution in [0.3, 0.4) is 0 Å². The van der Waals surface area contributed by atoms with Crippen LogP contribution in [0.2, 0.25) is 6.04 Å². The quantitative estimate of drug-likeness (QED) is 0.106. The first-order valence-corrected chi connectivity index (χ1v) is 17.6. The maximum Gasteiger partial charge on any atom is 0.500 e. The van der Waals surface area contributed by atoms with Crippen LogP contribution in [0.25, 0.3) is 0 Å². The molecule has 0 aromatic carbocycles. The minimum atomic E-state index is -2.63. The van der Waals surface area contributed by atoms with Crippen molar-refractivity contribution in [2.24, 2.45) is 5.41 Å². The smallest absolute Gasteiger partial charge is 0.377 e. The van der Waals surface area contributed by atoms with Crippen molar-refractivity contribution in [1.29, 1.82) is 0 Å². The first-order valence-electron chi connectivity index (χ1n) is 15.7. The third-order valence-corrected chi connectivity index (χ3v) is 10.7. The zero-order valence-corrected chi connectivity index (χ0v) is 27.7. The number of nitrogens with zero attached hydrogens (tertiary/aromatic N) is 3. The Labute approximate surface area is 234 Å². The average Bonchev–Trinajstić information content (AvgIpc) is 2.90. The minimum Gasteiger partial charge on any atom is -0.377 e. The summed E-state index contributed by atoms with van der Waals surface area (Å²) in [7, 11) is 2.66. The zero-order chi connectivity index (χ0) is 28.0. The molecule has 0 unspecified atom stereocenters. The molecule has 0 saturated heterocycles. The minimum absolute atomic E-state index is 0.257. The fourth-order valence-electron chi connectivity index (χ4n) is 5.81. The second-order valence-corrected chi connectivity index (χ2v) is 14.2. The number of rotatable bonds is 27. The van der Waals surface area contributed by atoms with Crippen molar-refractivity contribution in [3.05, 3.63) is 0 Å². The third kappa shape index (κ3) is 15.4. The molecule has 0 aromatic heterocycles. The van der Waals surface area contributed by atoms with Gasteiger partial charge in [-0.3, -0.25) is 0 Å². The van der Waals surface area contributed by atoms with Crippen molar-refractivity contribution >= 4 is 8.80 Å². The highest BCUT2D eigenvalue weighted by molar-refractivity contribution is 6.60. The van der Waals surface area contributed by atoms with E-state index in [0.29, 0.717) is 0 Å². The molecule has 0 bridgehead atoms.